The number of likely N-dealkylation sites (tertiary alicyclic amines) is 1. The Labute approximate surface area is 179 Å². The van der Waals surface area contributed by atoms with Gasteiger partial charge in [0.15, 0.2) is 0 Å². The number of benzene rings is 1. The van der Waals surface area contributed by atoms with Crippen LogP contribution in [0.2, 0.25) is 0 Å². The molecule has 2 amide bonds. The molecule has 1 heterocycles. The maximum Gasteiger partial charge on any atom is 0.226 e. The molecule has 4 bridgehead atoms. The molecule has 0 spiro atoms. The molecule has 6 rings (SSSR count). The number of carbonyl (C=O) groups is 2. The largest absolute Gasteiger partial charge is 0.497 e. The number of ether oxygens (including phenoxy) is 1. The van der Waals surface area contributed by atoms with Crippen molar-refractivity contribution >= 4 is 11.8 Å². The van der Waals surface area contributed by atoms with Gasteiger partial charge in [-0.3, -0.25) is 9.59 Å². The summed E-state index contributed by atoms with van der Waals surface area (Å²) in [6.07, 6.45) is 8.67. The van der Waals surface area contributed by atoms with E-state index in [2.05, 4.69) is 17.4 Å². The van der Waals surface area contributed by atoms with Gasteiger partial charge in [-0.05, 0) is 80.4 Å². The van der Waals surface area contributed by atoms with E-state index in [9.17, 15) is 9.59 Å². The fourth-order valence-electron chi connectivity index (χ4n) is 7.15. The molecule has 4 saturated carbocycles. The Morgan fingerprint density at radius 1 is 1.07 bits per heavy atom. The summed E-state index contributed by atoms with van der Waals surface area (Å²) in [5.41, 5.74) is 1.14. The Morgan fingerprint density at radius 2 is 1.70 bits per heavy atom. The topological polar surface area (TPSA) is 58.6 Å². The average Bonchev–Trinajstić information content (AvgIpc) is 3.23. The predicted octanol–water partition coefficient (Wildman–Crippen LogP) is 3.73. The van der Waals surface area contributed by atoms with Gasteiger partial charge in [0.05, 0.1) is 7.11 Å². The Morgan fingerprint density at radius 3 is 2.30 bits per heavy atom. The number of hydrogen-bond donors (Lipinski definition) is 1. The zero-order chi connectivity index (χ0) is 20.7. The lowest BCUT2D eigenvalue weighted by molar-refractivity contribution is -0.146. The maximum absolute atomic E-state index is 13.0. The number of hydrogen-bond acceptors (Lipinski definition) is 3. The van der Waals surface area contributed by atoms with Crippen LogP contribution in [0.4, 0.5) is 0 Å². The minimum absolute atomic E-state index is 0.120. The zero-order valence-electron chi connectivity index (χ0n) is 18.1. The van der Waals surface area contributed by atoms with Crippen molar-refractivity contribution in [3.05, 3.63) is 29.8 Å². The van der Waals surface area contributed by atoms with Crippen LogP contribution in [0.15, 0.2) is 24.3 Å². The molecule has 1 aliphatic heterocycles. The molecule has 30 heavy (non-hydrogen) atoms. The summed E-state index contributed by atoms with van der Waals surface area (Å²) < 4.78 is 5.23. The third-order valence-electron chi connectivity index (χ3n) is 8.27. The van der Waals surface area contributed by atoms with Gasteiger partial charge in [0.25, 0.3) is 0 Å². The number of nitrogens with one attached hydrogen (secondary N) is 1. The minimum Gasteiger partial charge on any atom is -0.497 e. The molecule has 0 radical (unpaired) electrons. The van der Waals surface area contributed by atoms with E-state index in [1.165, 1.54) is 24.8 Å². The molecule has 1 atom stereocenters. The molecule has 1 unspecified atom stereocenters. The lowest BCUT2D eigenvalue weighted by atomic mass is 9.49. The van der Waals surface area contributed by atoms with E-state index in [1.54, 1.807) is 7.11 Å². The van der Waals surface area contributed by atoms with Crippen LogP contribution in [-0.4, -0.2) is 43.5 Å². The molecule has 1 aromatic rings. The van der Waals surface area contributed by atoms with E-state index in [0.717, 1.165) is 62.3 Å². The Hall–Kier alpha value is -2.04. The highest BCUT2D eigenvalue weighted by Crippen LogP contribution is 2.60. The Bertz CT molecular complexity index is 768. The number of nitrogens with zero attached hydrogens (tertiary/aromatic N) is 1. The molecule has 162 valence electrons. The van der Waals surface area contributed by atoms with Crippen LogP contribution in [0, 0.1) is 23.2 Å². The molecule has 1 N–H and O–H groups in total. The van der Waals surface area contributed by atoms with Crippen LogP contribution in [0.3, 0.4) is 0 Å². The van der Waals surface area contributed by atoms with Gasteiger partial charge in [-0.25, -0.2) is 0 Å². The van der Waals surface area contributed by atoms with Gasteiger partial charge < -0.3 is 15.0 Å². The fourth-order valence-corrected chi connectivity index (χ4v) is 7.15. The van der Waals surface area contributed by atoms with Crippen LogP contribution in [0.25, 0.3) is 0 Å². The average molecular weight is 411 g/mol. The van der Waals surface area contributed by atoms with Gasteiger partial charge in [0, 0.05) is 37.4 Å². The molecule has 1 saturated heterocycles. The lowest BCUT2D eigenvalue weighted by Gasteiger charge is -2.55. The number of carbonyl (C=O) groups excluding carboxylic acids is 2. The molecule has 5 fully saturated rings. The summed E-state index contributed by atoms with van der Waals surface area (Å²) in [6.45, 7) is 2.05. The van der Waals surface area contributed by atoms with Crippen molar-refractivity contribution < 1.29 is 14.3 Å². The smallest absolute Gasteiger partial charge is 0.226 e. The summed E-state index contributed by atoms with van der Waals surface area (Å²) in [4.78, 5) is 27.7. The lowest BCUT2D eigenvalue weighted by Crippen LogP contribution is -2.53. The third kappa shape index (κ3) is 3.72. The van der Waals surface area contributed by atoms with Crippen molar-refractivity contribution in [2.75, 3.05) is 26.7 Å². The Balaban J connectivity index is 1.10. The standard InChI is InChI=1S/C25H34N2O3/c1-30-22-4-2-20(3-5-22)21-7-9-27(16-21)23(28)6-8-26-24(29)25-13-17-10-18(14-25)12-19(11-17)15-25/h2-5,17-19,21H,6-16H2,1H3,(H,26,29). The number of methoxy groups -OCH3 is 1. The van der Waals surface area contributed by atoms with Gasteiger partial charge >= 0.3 is 0 Å². The van der Waals surface area contributed by atoms with Crippen molar-refractivity contribution in [1.82, 2.24) is 10.2 Å². The first kappa shape index (κ1) is 19.9. The SMILES string of the molecule is COc1ccc(C2CCN(C(=O)CCNC(=O)C34CC5CC(CC(C5)C3)C4)C2)cc1. The normalized spacial score (nSPS) is 34.2. The second-order valence-corrected chi connectivity index (χ2v) is 10.3. The van der Waals surface area contributed by atoms with E-state index in [1.807, 2.05) is 17.0 Å². The highest BCUT2D eigenvalue weighted by atomic mass is 16.5. The molecule has 5 heteroatoms. The molecule has 4 aliphatic carbocycles. The molecule has 5 nitrogen and oxygen atoms in total. The van der Waals surface area contributed by atoms with Crippen LogP contribution >= 0.6 is 0 Å². The molecule has 0 aromatic heterocycles. The van der Waals surface area contributed by atoms with E-state index in [4.69, 9.17) is 4.74 Å². The second kappa shape index (κ2) is 7.90. The second-order valence-electron chi connectivity index (χ2n) is 10.3. The van der Waals surface area contributed by atoms with Gasteiger partial charge in [0.1, 0.15) is 5.75 Å². The highest BCUT2D eigenvalue weighted by Gasteiger charge is 2.54. The molecular formula is C25H34N2O3. The summed E-state index contributed by atoms with van der Waals surface area (Å²) in [5.74, 6) is 3.94. The summed E-state index contributed by atoms with van der Waals surface area (Å²) in [5, 5.41) is 3.15. The van der Waals surface area contributed by atoms with Crippen LogP contribution in [0.5, 0.6) is 5.75 Å². The van der Waals surface area contributed by atoms with E-state index >= 15 is 0 Å². The fraction of sp³-hybridized carbons (Fsp3) is 0.680. The first-order chi connectivity index (χ1) is 14.5. The van der Waals surface area contributed by atoms with Crippen LogP contribution < -0.4 is 10.1 Å². The van der Waals surface area contributed by atoms with Gasteiger partial charge in [0.2, 0.25) is 11.8 Å². The summed E-state index contributed by atoms with van der Waals surface area (Å²) >= 11 is 0. The monoisotopic (exact) mass is 410 g/mol. The summed E-state index contributed by atoms with van der Waals surface area (Å²) in [7, 11) is 1.67. The maximum atomic E-state index is 13.0. The minimum atomic E-state index is -0.120. The van der Waals surface area contributed by atoms with Crippen molar-refractivity contribution in [3.63, 3.8) is 0 Å². The first-order valence-corrected chi connectivity index (χ1v) is 11.7. The Kier molecular flexibility index (Phi) is 5.24. The van der Waals surface area contributed by atoms with Gasteiger partial charge in [-0.1, -0.05) is 12.1 Å². The first-order valence-electron chi connectivity index (χ1n) is 11.7. The van der Waals surface area contributed by atoms with Crippen LogP contribution in [0.1, 0.15) is 62.8 Å². The van der Waals surface area contributed by atoms with E-state index in [-0.39, 0.29) is 17.2 Å². The number of amides is 2. The molecule has 5 aliphatic rings. The van der Waals surface area contributed by atoms with Gasteiger partial charge in [-0.2, -0.15) is 0 Å². The summed E-state index contributed by atoms with van der Waals surface area (Å²) in [6, 6.07) is 8.17. The van der Waals surface area contributed by atoms with Crippen LogP contribution in [-0.2, 0) is 9.59 Å². The van der Waals surface area contributed by atoms with Gasteiger partial charge in [-0.15, -0.1) is 0 Å². The molecule has 1 aromatic carbocycles. The van der Waals surface area contributed by atoms with Crippen molar-refractivity contribution in [1.29, 1.82) is 0 Å². The zero-order valence-corrected chi connectivity index (χ0v) is 18.1. The van der Waals surface area contributed by atoms with E-state index < -0.39 is 0 Å². The number of rotatable bonds is 6. The molecular weight excluding hydrogens is 376 g/mol. The predicted molar refractivity (Wildman–Crippen MR) is 115 cm³/mol. The third-order valence-corrected chi connectivity index (χ3v) is 8.27. The highest BCUT2D eigenvalue weighted by molar-refractivity contribution is 5.84. The van der Waals surface area contributed by atoms with E-state index in [0.29, 0.717) is 18.9 Å². The van der Waals surface area contributed by atoms with Crippen molar-refractivity contribution in [3.8, 4) is 5.75 Å². The van der Waals surface area contributed by atoms with Crippen molar-refractivity contribution in [2.45, 2.75) is 57.3 Å². The quantitative estimate of drug-likeness (QED) is 0.777. The van der Waals surface area contributed by atoms with Crippen molar-refractivity contribution in [2.24, 2.45) is 23.2 Å².